The first-order valence-electron chi connectivity index (χ1n) is 8.09. The van der Waals surface area contributed by atoms with E-state index in [2.05, 4.69) is 25.6 Å². The third kappa shape index (κ3) is 3.43. The molecule has 26 heavy (non-hydrogen) atoms. The molecule has 0 aliphatic carbocycles. The molecule has 11 heteroatoms. The van der Waals surface area contributed by atoms with Gasteiger partial charge in [-0.15, -0.1) is 5.10 Å². The van der Waals surface area contributed by atoms with Crippen LogP contribution in [0, 0.1) is 6.92 Å². The van der Waals surface area contributed by atoms with Crippen molar-refractivity contribution < 1.29 is 13.2 Å². The summed E-state index contributed by atoms with van der Waals surface area (Å²) in [6.45, 7) is 1.97. The number of sulfone groups is 1. The lowest BCUT2D eigenvalue weighted by Gasteiger charge is -2.12. The molecule has 0 spiro atoms. The molecule has 3 heterocycles. The van der Waals surface area contributed by atoms with Crippen LogP contribution in [0.5, 0.6) is 5.75 Å². The molecule has 0 N–H and O–H groups in total. The molecular formula is C15H17N7O3S. The number of hydrogen-bond acceptors (Lipinski definition) is 8. The van der Waals surface area contributed by atoms with Gasteiger partial charge in [-0.1, -0.05) is 6.07 Å². The Balaban J connectivity index is 1.51. The molecular weight excluding hydrogens is 358 g/mol. The summed E-state index contributed by atoms with van der Waals surface area (Å²) in [5.41, 5.74) is 0.770. The maximum Gasteiger partial charge on any atom is 0.165 e. The van der Waals surface area contributed by atoms with E-state index in [0.29, 0.717) is 23.8 Å². The van der Waals surface area contributed by atoms with Gasteiger partial charge in [0, 0.05) is 6.07 Å². The van der Waals surface area contributed by atoms with E-state index in [9.17, 15) is 8.42 Å². The highest BCUT2D eigenvalue weighted by Gasteiger charge is 2.31. The summed E-state index contributed by atoms with van der Waals surface area (Å²) in [5, 5.41) is 15.4. The fourth-order valence-electron chi connectivity index (χ4n) is 2.98. The first kappa shape index (κ1) is 16.6. The Labute approximate surface area is 149 Å². The Hall–Kier alpha value is -2.82. The third-order valence-electron chi connectivity index (χ3n) is 4.16. The van der Waals surface area contributed by atoms with Crippen LogP contribution in [0.15, 0.2) is 30.6 Å². The van der Waals surface area contributed by atoms with Gasteiger partial charge in [-0.2, -0.15) is 5.10 Å². The van der Waals surface area contributed by atoms with Crippen LogP contribution >= 0.6 is 0 Å². The molecule has 1 saturated heterocycles. The van der Waals surface area contributed by atoms with E-state index in [0.717, 1.165) is 5.69 Å². The zero-order chi connectivity index (χ0) is 18.1. The van der Waals surface area contributed by atoms with Crippen molar-refractivity contribution in [1.82, 2.24) is 35.0 Å². The van der Waals surface area contributed by atoms with Crippen LogP contribution in [-0.2, 0) is 16.4 Å². The zero-order valence-electron chi connectivity index (χ0n) is 14.1. The summed E-state index contributed by atoms with van der Waals surface area (Å²) >= 11 is 0. The van der Waals surface area contributed by atoms with Crippen molar-refractivity contribution in [3.63, 3.8) is 0 Å². The number of benzene rings is 1. The van der Waals surface area contributed by atoms with E-state index in [-0.39, 0.29) is 24.2 Å². The summed E-state index contributed by atoms with van der Waals surface area (Å²) in [5.74, 6) is 2.11. The molecule has 3 aromatic rings. The van der Waals surface area contributed by atoms with Crippen LogP contribution in [-0.4, -0.2) is 54.9 Å². The van der Waals surface area contributed by atoms with Gasteiger partial charge in [0.05, 0.1) is 23.2 Å². The van der Waals surface area contributed by atoms with Gasteiger partial charge in [-0.3, -0.25) is 0 Å². The molecule has 0 radical (unpaired) electrons. The highest BCUT2D eigenvalue weighted by molar-refractivity contribution is 7.91. The smallest absolute Gasteiger partial charge is 0.165 e. The standard InChI is InChI=1S/C15H17N7O3S/c1-11-17-15(22(18-11)13-5-6-26(23,24)9-13)8-25-14-4-2-3-12(7-14)21-10-16-19-20-21/h2-4,7,10,13H,5-6,8-9H2,1H3. The van der Waals surface area contributed by atoms with Crippen LogP contribution in [0.25, 0.3) is 5.69 Å². The Morgan fingerprint density at radius 2 is 2.23 bits per heavy atom. The number of ether oxygens (including phenoxy) is 1. The topological polar surface area (TPSA) is 118 Å². The molecule has 0 saturated carbocycles. The monoisotopic (exact) mass is 375 g/mol. The van der Waals surface area contributed by atoms with E-state index < -0.39 is 9.84 Å². The van der Waals surface area contributed by atoms with E-state index >= 15 is 0 Å². The van der Waals surface area contributed by atoms with E-state index in [1.54, 1.807) is 11.6 Å². The predicted octanol–water partition coefficient (Wildman–Crippen LogP) is 0.501. The van der Waals surface area contributed by atoms with E-state index in [1.807, 2.05) is 24.3 Å². The van der Waals surface area contributed by atoms with Gasteiger partial charge in [0.25, 0.3) is 0 Å². The van der Waals surface area contributed by atoms with Crippen LogP contribution < -0.4 is 4.74 Å². The SMILES string of the molecule is Cc1nc(COc2cccc(-n3cnnn3)c2)n(C2CCS(=O)(=O)C2)n1. The minimum Gasteiger partial charge on any atom is -0.486 e. The van der Waals surface area contributed by atoms with Crippen molar-refractivity contribution in [2.75, 3.05) is 11.5 Å². The fourth-order valence-corrected chi connectivity index (χ4v) is 4.67. The van der Waals surface area contributed by atoms with Crippen molar-refractivity contribution in [2.24, 2.45) is 0 Å². The van der Waals surface area contributed by atoms with Gasteiger partial charge in [0.1, 0.15) is 24.5 Å². The number of aromatic nitrogens is 7. The molecule has 1 aliphatic heterocycles. The molecule has 2 aromatic heterocycles. The van der Waals surface area contributed by atoms with Gasteiger partial charge in [0.15, 0.2) is 15.7 Å². The Morgan fingerprint density at radius 3 is 2.96 bits per heavy atom. The molecule has 0 bridgehead atoms. The summed E-state index contributed by atoms with van der Waals surface area (Å²) in [6, 6.07) is 7.14. The van der Waals surface area contributed by atoms with Crippen LogP contribution in [0.3, 0.4) is 0 Å². The first-order chi connectivity index (χ1) is 12.5. The van der Waals surface area contributed by atoms with Crippen LogP contribution in [0.2, 0.25) is 0 Å². The molecule has 136 valence electrons. The Kier molecular flexibility index (Phi) is 4.15. The van der Waals surface area contributed by atoms with Gasteiger partial charge in [0.2, 0.25) is 0 Å². The van der Waals surface area contributed by atoms with Gasteiger partial charge < -0.3 is 4.74 Å². The lowest BCUT2D eigenvalue weighted by Crippen LogP contribution is -2.17. The Morgan fingerprint density at radius 1 is 1.35 bits per heavy atom. The fraction of sp³-hybridized carbons (Fsp3) is 0.400. The van der Waals surface area contributed by atoms with Crippen molar-refractivity contribution in [2.45, 2.75) is 26.0 Å². The average molecular weight is 375 g/mol. The highest BCUT2D eigenvalue weighted by Crippen LogP contribution is 2.25. The predicted molar refractivity (Wildman–Crippen MR) is 90.6 cm³/mol. The second-order valence-electron chi connectivity index (χ2n) is 6.12. The minimum absolute atomic E-state index is 0.0948. The maximum atomic E-state index is 11.8. The maximum absolute atomic E-state index is 11.8. The zero-order valence-corrected chi connectivity index (χ0v) is 14.9. The average Bonchev–Trinajstić information content (AvgIpc) is 3.33. The molecule has 1 aromatic carbocycles. The summed E-state index contributed by atoms with van der Waals surface area (Å²) in [4.78, 5) is 4.38. The molecule has 4 rings (SSSR count). The molecule has 1 atom stereocenters. The molecule has 1 fully saturated rings. The summed E-state index contributed by atoms with van der Waals surface area (Å²) in [6.07, 6.45) is 2.05. The first-order valence-corrected chi connectivity index (χ1v) is 9.91. The molecule has 1 aliphatic rings. The van der Waals surface area contributed by atoms with Gasteiger partial charge in [-0.25, -0.2) is 22.8 Å². The van der Waals surface area contributed by atoms with Crippen LogP contribution in [0.4, 0.5) is 0 Å². The highest BCUT2D eigenvalue weighted by atomic mass is 32.2. The molecule has 1 unspecified atom stereocenters. The number of rotatable bonds is 5. The van der Waals surface area contributed by atoms with Crippen molar-refractivity contribution in [3.8, 4) is 11.4 Å². The van der Waals surface area contributed by atoms with Gasteiger partial charge >= 0.3 is 0 Å². The van der Waals surface area contributed by atoms with E-state index in [1.165, 1.54) is 11.0 Å². The summed E-state index contributed by atoms with van der Waals surface area (Å²) in [7, 11) is -3.00. The molecule has 10 nitrogen and oxygen atoms in total. The van der Waals surface area contributed by atoms with Gasteiger partial charge in [-0.05, 0) is 35.9 Å². The summed E-state index contributed by atoms with van der Waals surface area (Å²) < 4.78 is 32.6. The second kappa shape index (κ2) is 6.48. The van der Waals surface area contributed by atoms with Crippen molar-refractivity contribution >= 4 is 9.84 Å². The van der Waals surface area contributed by atoms with Crippen molar-refractivity contribution in [3.05, 3.63) is 42.2 Å². The van der Waals surface area contributed by atoms with E-state index in [4.69, 9.17) is 4.74 Å². The second-order valence-corrected chi connectivity index (χ2v) is 8.35. The lowest BCUT2D eigenvalue weighted by atomic mass is 10.3. The quantitative estimate of drug-likeness (QED) is 0.633. The lowest BCUT2D eigenvalue weighted by molar-refractivity contribution is 0.281. The number of nitrogens with zero attached hydrogens (tertiary/aromatic N) is 7. The minimum atomic E-state index is -3.00. The van der Waals surface area contributed by atoms with Crippen LogP contribution in [0.1, 0.15) is 24.1 Å². The Bertz CT molecular complexity index is 1010. The molecule has 0 amide bonds. The normalized spacial score (nSPS) is 18.9. The third-order valence-corrected chi connectivity index (χ3v) is 5.91. The number of tetrazole rings is 1. The number of hydrogen-bond donors (Lipinski definition) is 0. The van der Waals surface area contributed by atoms with Crippen molar-refractivity contribution in [1.29, 1.82) is 0 Å². The largest absolute Gasteiger partial charge is 0.486 e. The number of aryl methyl sites for hydroxylation is 1.